The van der Waals surface area contributed by atoms with Gasteiger partial charge in [0.15, 0.2) is 6.61 Å². The average Bonchev–Trinajstić information content (AvgIpc) is 2.63. The van der Waals surface area contributed by atoms with Gasteiger partial charge < -0.3 is 14.6 Å². The van der Waals surface area contributed by atoms with Crippen LogP contribution >= 0.6 is 11.6 Å². The van der Waals surface area contributed by atoms with E-state index >= 15 is 0 Å². The number of amides is 1. The number of ether oxygens (including phenoxy) is 1. The van der Waals surface area contributed by atoms with Gasteiger partial charge in [-0.15, -0.1) is 0 Å². The quantitative estimate of drug-likeness (QED) is 0.686. The minimum atomic E-state index is -0.258. The Balaban J connectivity index is 1.73. The summed E-state index contributed by atoms with van der Waals surface area (Å²) in [4.78, 5) is 33.6. The lowest BCUT2D eigenvalue weighted by molar-refractivity contribution is -0.133. The minimum absolute atomic E-state index is 0.0830. The number of halogens is 1. The van der Waals surface area contributed by atoms with E-state index in [1.165, 1.54) is 0 Å². The minimum Gasteiger partial charge on any atom is -0.484 e. The standard InChI is InChI=1S/C21H22ClN3O3/c1-4-25(20(26)12-28-16-8-13(2)7-14(3)9-16)11-19-23-18-10-15(22)5-6-17(18)21(27)24-19/h5-10H,4,11-12H2,1-3H3,(H,23,24,27). The number of aryl methyl sites for hydroxylation is 2. The Bertz CT molecular complexity index is 1060. The number of carbonyl (C=O) groups excluding carboxylic acids is 1. The van der Waals surface area contributed by atoms with Gasteiger partial charge in [0.2, 0.25) is 0 Å². The summed E-state index contributed by atoms with van der Waals surface area (Å²) in [6.45, 7) is 6.39. The van der Waals surface area contributed by atoms with Crippen molar-refractivity contribution in [1.29, 1.82) is 0 Å². The van der Waals surface area contributed by atoms with Gasteiger partial charge in [-0.25, -0.2) is 4.98 Å². The normalized spacial score (nSPS) is 10.9. The molecule has 0 saturated carbocycles. The highest BCUT2D eigenvalue weighted by Crippen LogP contribution is 2.17. The van der Waals surface area contributed by atoms with E-state index in [-0.39, 0.29) is 24.6 Å². The summed E-state index contributed by atoms with van der Waals surface area (Å²) in [6, 6.07) is 10.7. The maximum absolute atomic E-state index is 12.6. The van der Waals surface area contributed by atoms with Gasteiger partial charge in [0.05, 0.1) is 17.4 Å². The summed E-state index contributed by atoms with van der Waals surface area (Å²) in [5.41, 5.74) is 2.39. The van der Waals surface area contributed by atoms with Gasteiger partial charge in [-0.2, -0.15) is 0 Å². The van der Waals surface area contributed by atoms with Crippen LogP contribution in [-0.4, -0.2) is 33.9 Å². The van der Waals surface area contributed by atoms with Crippen molar-refractivity contribution in [2.24, 2.45) is 0 Å². The molecule has 0 unspecified atom stereocenters. The van der Waals surface area contributed by atoms with E-state index in [1.807, 2.05) is 39.0 Å². The number of H-pyrrole nitrogens is 1. The lowest BCUT2D eigenvalue weighted by Crippen LogP contribution is -2.35. The molecule has 6 nitrogen and oxygen atoms in total. The highest BCUT2D eigenvalue weighted by Gasteiger charge is 2.15. The van der Waals surface area contributed by atoms with Crippen molar-refractivity contribution in [2.45, 2.75) is 27.3 Å². The van der Waals surface area contributed by atoms with Crippen LogP contribution in [0.5, 0.6) is 5.75 Å². The molecule has 1 amide bonds. The molecular weight excluding hydrogens is 378 g/mol. The molecule has 0 fully saturated rings. The first-order chi connectivity index (χ1) is 13.4. The third-order valence-electron chi connectivity index (χ3n) is 4.35. The maximum Gasteiger partial charge on any atom is 0.260 e. The van der Waals surface area contributed by atoms with Crippen LogP contribution < -0.4 is 10.3 Å². The molecule has 146 valence electrons. The highest BCUT2D eigenvalue weighted by atomic mass is 35.5. The number of carbonyl (C=O) groups is 1. The van der Waals surface area contributed by atoms with E-state index in [2.05, 4.69) is 9.97 Å². The summed E-state index contributed by atoms with van der Waals surface area (Å²) >= 11 is 6.00. The number of aromatic amines is 1. The van der Waals surface area contributed by atoms with Crippen molar-refractivity contribution in [3.63, 3.8) is 0 Å². The molecule has 0 atom stereocenters. The lowest BCUT2D eigenvalue weighted by atomic mass is 10.1. The molecule has 0 aliphatic heterocycles. The van der Waals surface area contributed by atoms with Gasteiger partial charge in [0, 0.05) is 11.6 Å². The number of benzene rings is 2. The second-order valence-corrected chi connectivity index (χ2v) is 7.13. The molecule has 0 spiro atoms. The molecule has 28 heavy (non-hydrogen) atoms. The molecule has 0 bridgehead atoms. The Hall–Kier alpha value is -2.86. The molecule has 0 radical (unpaired) electrons. The summed E-state index contributed by atoms with van der Waals surface area (Å²) < 4.78 is 5.66. The van der Waals surface area contributed by atoms with Crippen LogP contribution in [0.4, 0.5) is 0 Å². The van der Waals surface area contributed by atoms with Gasteiger partial charge in [0.1, 0.15) is 11.6 Å². The molecule has 0 aliphatic carbocycles. The Morgan fingerprint density at radius 2 is 1.89 bits per heavy atom. The van der Waals surface area contributed by atoms with Crippen molar-refractivity contribution in [1.82, 2.24) is 14.9 Å². The largest absolute Gasteiger partial charge is 0.484 e. The molecule has 7 heteroatoms. The number of likely N-dealkylation sites (N-methyl/N-ethyl adjacent to an activating group) is 1. The third-order valence-corrected chi connectivity index (χ3v) is 4.59. The summed E-state index contributed by atoms with van der Waals surface area (Å²) in [7, 11) is 0. The number of hydrogen-bond acceptors (Lipinski definition) is 4. The number of aromatic nitrogens is 2. The van der Waals surface area contributed by atoms with Gasteiger partial charge in [-0.05, 0) is 62.2 Å². The topological polar surface area (TPSA) is 75.3 Å². The van der Waals surface area contributed by atoms with Crippen molar-refractivity contribution in [3.05, 3.63) is 68.7 Å². The zero-order valence-electron chi connectivity index (χ0n) is 16.1. The molecule has 0 aliphatic rings. The Morgan fingerprint density at radius 1 is 1.18 bits per heavy atom. The predicted molar refractivity (Wildman–Crippen MR) is 110 cm³/mol. The smallest absolute Gasteiger partial charge is 0.260 e. The lowest BCUT2D eigenvalue weighted by Gasteiger charge is -2.20. The maximum atomic E-state index is 12.6. The monoisotopic (exact) mass is 399 g/mol. The van der Waals surface area contributed by atoms with Gasteiger partial charge in [0.25, 0.3) is 11.5 Å². The van der Waals surface area contributed by atoms with Crippen LogP contribution in [0, 0.1) is 13.8 Å². The molecular formula is C21H22ClN3O3. The van der Waals surface area contributed by atoms with E-state index in [9.17, 15) is 9.59 Å². The summed E-state index contributed by atoms with van der Waals surface area (Å²) in [5.74, 6) is 0.880. The molecule has 1 aromatic heterocycles. The van der Waals surface area contributed by atoms with E-state index < -0.39 is 0 Å². The second kappa shape index (κ2) is 8.44. The first kappa shape index (κ1) is 19.9. The first-order valence-corrected chi connectivity index (χ1v) is 9.41. The first-order valence-electron chi connectivity index (χ1n) is 9.03. The van der Waals surface area contributed by atoms with Gasteiger partial charge in [-0.3, -0.25) is 9.59 Å². The van der Waals surface area contributed by atoms with Crippen LogP contribution in [0.15, 0.2) is 41.2 Å². The number of hydrogen-bond donors (Lipinski definition) is 1. The third kappa shape index (κ3) is 4.70. The van der Waals surface area contributed by atoms with E-state index in [0.717, 1.165) is 11.1 Å². The molecule has 3 aromatic rings. The van der Waals surface area contributed by atoms with Crippen molar-refractivity contribution >= 4 is 28.4 Å². The SMILES string of the molecule is CCN(Cc1nc2cc(Cl)ccc2c(=O)[nH]1)C(=O)COc1cc(C)cc(C)c1. The fraction of sp³-hybridized carbons (Fsp3) is 0.286. The van der Waals surface area contributed by atoms with Crippen molar-refractivity contribution < 1.29 is 9.53 Å². The van der Waals surface area contributed by atoms with Crippen LogP contribution in [-0.2, 0) is 11.3 Å². The zero-order valence-corrected chi connectivity index (χ0v) is 16.8. The highest BCUT2D eigenvalue weighted by molar-refractivity contribution is 6.31. The molecule has 0 saturated heterocycles. The van der Waals surface area contributed by atoms with Crippen molar-refractivity contribution in [3.8, 4) is 5.75 Å². The van der Waals surface area contributed by atoms with Crippen LogP contribution in [0.2, 0.25) is 5.02 Å². The van der Waals surface area contributed by atoms with Crippen LogP contribution in [0.1, 0.15) is 23.9 Å². The second-order valence-electron chi connectivity index (χ2n) is 6.69. The molecule has 1 heterocycles. The summed E-state index contributed by atoms with van der Waals surface area (Å²) in [5, 5.41) is 0.961. The van der Waals surface area contributed by atoms with Crippen LogP contribution in [0.3, 0.4) is 0 Å². The Morgan fingerprint density at radius 3 is 2.57 bits per heavy atom. The van der Waals surface area contributed by atoms with Gasteiger partial charge in [-0.1, -0.05) is 17.7 Å². The Kier molecular flexibility index (Phi) is 5.99. The fourth-order valence-electron chi connectivity index (χ4n) is 3.05. The van der Waals surface area contributed by atoms with Crippen molar-refractivity contribution in [2.75, 3.05) is 13.2 Å². The fourth-order valence-corrected chi connectivity index (χ4v) is 3.21. The van der Waals surface area contributed by atoms with E-state index in [1.54, 1.807) is 23.1 Å². The number of rotatable bonds is 6. The number of nitrogens with zero attached hydrogens (tertiary/aromatic N) is 2. The molecule has 2 aromatic carbocycles. The van der Waals surface area contributed by atoms with Gasteiger partial charge >= 0.3 is 0 Å². The number of fused-ring (bicyclic) bond motifs is 1. The van der Waals surface area contributed by atoms with E-state index in [0.29, 0.717) is 34.0 Å². The molecule has 3 rings (SSSR count). The number of nitrogens with one attached hydrogen (secondary N) is 1. The Labute approximate surface area is 168 Å². The average molecular weight is 400 g/mol. The van der Waals surface area contributed by atoms with Crippen LogP contribution in [0.25, 0.3) is 10.9 Å². The predicted octanol–water partition coefficient (Wildman–Crippen LogP) is 3.62. The summed E-state index contributed by atoms with van der Waals surface area (Å²) in [6.07, 6.45) is 0. The van der Waals surface area contributed by atoms with E-state index in [4.69, 9.17) is 16.3 Å². The zero-order chi connectivity index (χ0) is 20.3. The molecule has 1 N–H and O–H groups in total.